The van der Waals surface area contributed by atoms with Gasteiger partial charge in [-0.05, 0) is 36.8 Å². The van der Waals surface area contributed by atoms with E-state index in [-0.39, 0.29) is 6.09 Å². The van der Waals surface area contributed by atoms with Gasteiger partial charge in [0.1, 0.15) is 0 Å². The van der Waals surface area contributed by atoms with E-state index >= 15 is 0 Å². The summed E-state index contributed by atoms with van der Waals surface area (Å²) in [5.41, 5.74) is 5.84. The molecule has 3 aromatic rings. The molecule has 5 rings (SSSR count). The molecule has 168 valence electrons. The number of nitrogens with zero attached hydrogens (tertiary/aromatic N) is 5. The first-order valence-electron chi connectivity index (χ1n) is 11.4. The van der Waals surface area contributed by atoms with Crippen molar-refractivity contribution in [2.75, 3.05) is 68.8 Å². The predicted molar refractivity (Wildman–Crippen MR) is 127 cm³/mol. The highest BCUT2D eigenvalue weighted by molar-refractivity contribution is 5.80. The number of anilines is 2. The van der Waals surface area contributed by atoms with E-state index in [1.807, 2.05) is 17.6 Å². The maximum absolute atomic E-state index is 12.0. The summed E-state index contributed by atoms with van der Waals surface area (Å²) in [5, 5.41) is 7.93. The van der Waals surface area contributed by atoms with Gasteiger partial charge in [0, 0.05) is 76.0 Å². The van der Waals surface area contributed by atoms with Crippen LogP contribution in [0.1, 0.15) is 6.92 Å². The Hall–Kier alpha value is -3.26. The lowest BCUT2D eigenvalue weighted by Crippen LogP contribution is -2.49. The third-order valence-corrected chi connectivity index (χ3v) is 6.32. The van der Waals surface area contributed by atoms with Gasteiger partial charge in [0.05, 0.1) is 17.8 Å². The minimum Gasteiger partial charge on any atom is -0.450 e. The Morgan fingerprint density at radius 1 is 0.969 bits per heavy atom. The Labute approximate surface area is 188 Å². The van der Waals surface area contributed by atoms with Crippen LogP contribution in [0.5, 0.6) is 0 Å². The van der Waals surface area contributed by atoms with Crippen LogP contribution in [0.2, 0.25) is 0 Å². The Kier molecular flexibility index (Phi) is 5.85. The van der Waals surface area contributed by atoms with Gasteiger partial charge in [-0.15, -0.1) is 0 Å². The monoisotopic (exact) mass is 434 g/mol. The highest BCUT2D eigenvalue weighted by Gasteiger charge is 2.23. The molecule has 8 heteroatoms. The molecule has 2 aliphatic heterocycles. The van der Waals surface area contributed by atoms with Crippen molar-refractivity contribution in [3.8, 4) is 11.1 Å². The van der Waals surface area contributed by atoms with Gasteiger partial charge in [0.25, 0.3) is 0 Å². The number of rotatable bonds is 4. The molecule has 32 heavy (non-hydrogen) atoms. The highest BCUT2D eigenvalue weighted by Crippen LogP contribution is 2.30. The summed E-state index contributed by atoms with van der Waals surface area (Å²) in [7, 11) is 0. The van der Waals surface area contributed by atoms with Crippen LogP contribution in [0.3, 0.4) is 0 Å². The second-order valence-corrected chi connectivity index (χ2v) is 8.23. The molecular weight excluding hydrogens is 404 g/mol. The van der Waals surface area contributed by atoms with Gasteiger partial charge < -0.3 is 24.8 Å². The molecule has 0 atom stereocenters. The zero-order chi connectivity index (χ0) is 21.9. The summed E-state index contributed by atoms with van der Waals surface area (Å²) in [4.78, 5) is 18.5. The zero-order valence-electron chi connectivity index (χ0n) is 18.5. The van der Waals surface area contributed by atoms with Crippen molar-refractivity contribution in [1.82, 2.24) is 19.8 Å². The van der Waals surface area contributed by atoms with Crippen LogP contribution in [0.25, 0.3) is 16.6 Å². The highest BCUT2D eigenvalue weighted by atomic mass is 16.6. The van der Waals surface area contributed by atoms with Crippen molar-refractivity contribution < 1.29 is 9.53 Å². The maximum Gasteiger partial charge on any atom is 0.409 e. The average molecular weight is 435 g/mol. The van der Waals surface area contributed by atoms with Crippen molar-refractivity contribution in [1.29, 1.82) is 0 Å². The van der Waals surface area contributed by atoms with Crippen molar-refractivity contribution >= 4 is 23.0 Å². The second-order valence-electron chi connectivity index (χ2n) is 8.23. The number of carbonyl (C=O) groups excluding carboxylic acids is 1. The fourth-order valence-corrected chi connectivity index (χ4v) is 4.56. The first-order chi connectivity index (χ1) is 15.7. The summed E-state index contributed by atoms with van der Waals surface area (Å²) in [6, 6.07) is 13.1. The van der Waals surface area contributed by atoms with Crippen molar-refractivity contribution in [2.45, 2.75) is 6.92 Å². The van der Waals surface area contributed by atoms with Gasteiger partial charge in [0.2, 0.25) is 0 Å². The van der Waals surface area contributed by atoms with Crippen LogP contribution in [-0.4, -0.2) is 79.6 Å². The SMILES string of the molecule is CCOC(=O)N1CCN(c2ccnn3cc(-c4ccc(N5CCNCC5)cc4)cc23)CC1. The molecule has 0 spiro atoms. The molecule has 0 bridgehead atoms. The number of carbonyl (C=O) groups is 1. The molecule has 0 aliphatic carbocycles. The molecule has 0 saturated carbocycles. The molecule has 0 unspecified atom stereocenters. The van der Waals surface area contributed by atoms with Gasteiger partial charge in [-0.3, -0.25) is 0 Å². The van der Waals surface area contributed by atoms with Crippen molar-refractivity contribution in [3.05, 3.63) is 48.8 Å². The number of ether oxygens (including phenoxy) is 1. The predicted octanol–water partition coefficient (Wildman–Crippen LogP) is 2.69. The van der Waals surface area contributed by atoms with Gasteiger partial charge in [-0.25, -0.2) is 9.31 Å². The molecule has 2 saturated heterocycles. The second kappa shape index (κ2) is 9.08. The number of piperazine rings is 2. The number of fused-ring (bicyclic) bond motifs is 1. The lowest BCUT2D eigenvalue weighted by atomic mass is 10.1. The van der Waals surface area contributed by atoms with E-state index in [9.17, 15) is 4.79 Å². The van der Waals surface area contributed by atoms with E-state index in [1.54, 1.807) is 4.90 Å². The number of aromatic nitrogens is 2. The lowest BCUT2D eigenvalue weighted by Gasteiger charge is -2.35. The minimum absolute atomic E-state index is 0.221. The summed E-state index contributed by atoms with van der Waals surface area (Å²) < 4.78 is 7.09. The Morgan fingerprint density at radius 3 is 2.44 bits per heavy atom. The van der Waals surface area contributed by atoms with E-state index in [0.717, 1.165) is 56.0 Å². The molecule has 4 heterocycles. The van der Waals surface area contributed by atoms with Crippen LogP contribution in [0.15, 0.2) is 48.8 Å². The van der Waals surface area contributed by atoms with Crippen LogP contribution in [0, 0.1) is 0 Å². The Balaban J connectivity index is 1.34. The number of hydrogen-bond acceptors (Lipinski definition) is 6. The fourth-order valence-electron chi connectivity index (χ4n) is 4.56. The number of nitrogens with one attached hydrogen (secondary N) is 1. The molecule has 1 aromatic carbocycles. The van der Waals surface area contributed by atoms with Gasteiger partial charge in [-0.1, -0.05) is 12.1 Å². The minimum atomic E-state index is -0.221. The quantitative estimate of drug-likeness (QED) is 0.681. The first kappa shape index (κ1) is 20.6. The molecule has 2 aliphatic rings. The van der Waals surface area contributed by atoms with Crippen molar-refractivity contribution in [3.63, 3.8) is 0 Å². The maximum atomic E-state index is 12.0. The third kappa shape index (κ3) is 4.10. The average Bonchev–Trinajstić information content (AvgIpc) is 3.30. The Morgan fingerprint density at radius 2 is 1.72 bits per heavy atom. The van der Waals surface area contributed by atoms with Crippen LogP contribution >= 0.6 is 0 Å². The summed E-state index contributed by atoms with van der Waals surface area (Å²) in [5.74, 6) is 0. The van der Waals surface area contributed by atoms with E-state index < -0.39 is 0 Å². The van der Waals surface area contributed by atoms with Gasteiger partial charge in [-0.2, -0.15) is 5.10 Å². The topological polar surface area (TPSA) is 65.3 Å². The van der Waals surface area contributed by atoms with E-state index in [2.05, 4.69) is 62.8 Å². The molecule has 2 fully saturated rings. The van der Waals surface area contributed by atoms with E-state index in [0.29, 0.717) is 19.7 Å². The number of hydrogen-bond donors (Lipinski definition) is 1. The van der Waals surface area contributed by atoms with E-state index in [1.165, 1.54) is 11.3 Å². The number of benzene rings is 1. The first-order valence-corrected chi connectivity index (χ1v) is 11.4. The smallest absolute Gasteiger partial charge is 0.409 e. The fraction of sp³-hybridized carbons (Fsp3) is 0.417. The van der Waals surface area contributed by atoms with Gasteiger partial charge >= 0.3 is 6.09 Å². The summed E-state index contributed by atoms with van der Waals surface area (Å²) in [6.45, 7) is 9.29. The van der Waals surface area contributed by atoms with Crippen LogP contribution in [-0.2, 0) is 4.74 Å². The number of amides is 1. The van der Waals surface area contributed by atoms with Crippen LogP contribution < -0.4 is 15.1 Å². The zero-order valence-corrected chi connectivity index (χ0v) is 18.5. The van der Waals surface area contributed by atoms with Crippen molar-refractivity contribution in [2.24, 2.45) is 0 Å². The molecular formula is C24H30N6O2. The summed E-state index contributed by atoms with van der Waals surface area (Å²) >= 11 is 0. The van der Waals surface area contributed by atoms with Crippen LogP contribution in [0.4, 0.5) is 16.2 Å². The molecule has 2 aromatic heterocycles. The molecule has 0 radical (unpaired) electrons. The van der Waals surface area contributed by atoms with Gasteiger partial charge in [0.15, 0.2) is 0 Å². The van der Waals surface area contributed by atoms with E-state index in [4.69, 9.17) is 4.74 Å². The lowest BCUT2D eigenvalue weighted by molar-refractivity contribution is 0.105. The third-order valence-electron chi connectivity index (χ3n) is 6.32. The molecule has 1 amide bonds. The molecule has 8 nitrogen and oxygen atoms in total. The summed E-state index contributed by atoms with van der Waals surface area (Å²) in [6.07, 6.45) is 3.71. The molecule has 1 N–H and O–H groups in total. The standard InChI is InChI=1S/C24H30N6O2/c1-2-32-24(31)29-15-13-28(14-16-29)22-7-8-26-30-18-20(17-23(22)30)19-3-5-21(6-4-19)27-11-9-25-10-12-27/h3-8,17-18,25H,2,9-16H2,1H3. The Bertz CT molecular complexity index is 1070. The normalized spacial score (nSPS) is 17.1. The largest absolute Gasteiger partial charge is 0.450 e.